The fourth-order valence-electron chi connectivity index (χ4n) is 6.90. The number of carbonyl (C=O) groups excluding carboxylic acids is 3. The number of ketones is 3. The van der Waals surface area contributed by atoms with E-state index in [4.69, 9.17) is 0 Å². The number of hydrogen-bond donors (Lipinski definition) is 0. The molecule has 0 bridgehead atoms. The number of nitrogens with zero attached hydrogens (tertiary/aromatic N) is 2. The molecule has 0 saturated carbocycles. The van der Waals surface area contributed by atoms with Gasteiger partial charge >= 0.3 is 0 Å². The summed E-state index contributed by atoms with van der Waals surface area (Å²) in [4.78, 5) is 56.5. The molecule has 2 aliphatic heterocycles. The van der Waals surface area contributed by atoms with Gasteiger partial charge in [0.1, 0.15) is 17.3 Å². The van der Waals surface area contributed by atoms with Crippen LogP contribution in [-0.4, -0.2) is 34.4 Å². The molecule has 0 aromatic heterocycles. The number of fused-ring (bicyclic) bond motifs is 5. The van der Waals surface area contributed by atoms with E-state index >= 15 is 0 Å². The first-order chi connectivity index (χ1) is 19.8. The van der Waals surface area contributed by atoms with E-state index in [-0.39, 0.29) is 22.4 Å². The second-order valence-corrected chi connectivity index (χ2v) is 10.5. The predicted octanol–water partition coefficient (Wildman–Crippen LogP) is 6.05. The lowest BCUT2D eigenvalue weighted by Gasteiger charge is -2.37. The first-order valence-electron chi connectivity index (χ1n) is 13.1. The molecular formula is C33H21FN2O5. The molecule has 1 aliphatic carbocycles. The number of halogens is 1. The Bertz CT molecular complexity index is 1790. The van der Waals surface area contributed by atoms with Crippen molar-refractivity contribution in [2.75, 3.05) is 4.90 Å². The Morgan fingerprint density at radius 1 is 0.854 bits per heavy atom. The second-order valence-electron chi connectivity index (χ2n) is 10.5. The standard InChI is InChI=1S/C33H21FN2O5/c34-22-15-12-20(13-16-22)28-29(30(37)21-7-5-8-23(18-21)36(40)41)35-26-11-4-1-6-19(26)14-17-27(35)33(28)31(38)24-9-2-3-10-25(24)32(33)39/h1-18,27-29H/t27-,28-,29-/m0/s1. The van der Waals surface area contributed by atoms with Gasteiger partial charge in [0.05, 0.1) is 11.0 Å². The lowest BCUT2D eigenvalue weighted by atomic mass is 9.64. The maximum absolute atomic E-state index is 14.6. The number of nitro benzene ring substituents is 1. The molecule has 1 fully saturated rings. The van der Waals surface area contributed by atoms with Crippen LogP contribution in [0.15, 0.2) is 103 Å². The molecular weight excluding hydrogens is 523 g/mol. The lowest BCUT2D eigenvalue weighted by molar-refractivity contribution is -0.384. The molecule has 3 atom stereocenters. The molecule has 2 heterocycles. The monoisotopic (exact) mass is 544 g/mol. The van der Waals surface area contributed by atoms with E-state index in [1.807, 2.05) is 35.2 Å². The first kappa shape index (κ1) is 24.8. The van der Waals surface area contributed by atoms with Gasteiger partial charge in [-0.05, 0) is 29.3 Å². The average Bonchev–Trinajstić information content (AvgIpc) is 3.43. The second kappa shape index (κ2) is 8.89. The van der Waals surface area contributed by atoms with Crippen molar-refractivity contribution in [1.82, 2.24) is 0 Å². The van der Waals surface area contributed by atoms with E-state index in [9.17, 15) is 28.9 Å². The zero-order valence-electron chi connectivity index (χ0n) is 21.4. The van der Waals surface area contributed by atoms with Gasteiger partial charge in [0, 0.05) is 40.4 Å². The zero-order valence-corrected chi connectivity index (χ0v) is 21.4. The van der Waals surface area contributed by atoms with Crippen LogP contribution in [0.4, 0.5) is 15.8 Å². The summed E-state index contributed by atoms with van der Waals surface area (Å²) >= 11 is 0. The number of hydrogen-bond acceptors (Lipinski definition) is 6. The van der Waals surface area contributed by atoms with Gasteiger partial charge in [-0.2, -0.15) is 0 Å². The highest BCUT2D eigenvalue weighted by atomic mass is 19.1. The topological polar surface area (TPSA) is 97.6 Å². The van der Waals surface area contributed by atoms with Crippen LogP contribution in [0.3, 0.4) is 0 Å². The first-order valence-corrected chi connectivity index (χ1v) is 13.1. The summed E-state index contributed by atoms with van der Waals surface area (Å²) < 4.78 is 14.2. The van der Waals surface area contributed by atoms with Crippen molar-refractivity contribution in [1.29, 1.82) is 0 Å². The van der Waals surface area contributed by atoms with Gasteiger partial charge in [-0.25, -0.2) is 4.39 Å². The van der Waals surface area contributed by atoms with E-state index < -0.39 is 51.5 Å². The van der Waals surface area contributed by atoms with Crippen LogP contribution in [0.1, 0.15) is 48.1 Å². The molecule has 0 radical (unpaired) electrons. The SMILES string of the molecule is O=C(c1cccc([N+](=O)[O-])c1)[C@@H]1[C@H](c2ccc(F)cc2)C2(C(=O)c3ccccc3C2=O)[C@@H]2C=Cc3ccccc3N12. The number of rotatable bonds is 4. The van der Waals surface area contributed by atoms with E-state index in [1.165, 1.54) is 48.5 Å². The summed E-state index contributed by atoms with van der Waals surface area (Å²) in [5, 5.41) is 11.6. The van der Waals surface area contributed by atoms with E-state index in [1.54, 1.807) is 30.3 Å². The fraction of sp³-hybridized carbons (Fsp3) is 0.121. The molecule has 200 valence electrons. The summed E-state index contributed by atoms with van der Waals surface area (Å²) in [6.45, 7) is 0. The van der Waals surface area contributed by atoms with Crippen LogP contribution in [0, 0.1) is 21.3 Å². The minimum absolute atomic E-state index is 0.0783. The van der Waals surface area contributed by atoms with Crippen LogP contribution >= 0.6 is 0 Å². The minimum Gasteiger partial charge on any atom is -0.352 e. The molecule has 0 amide bonds. The van der Waals surface area contributed by atoms with Gasteiger partial charge in [-0.3, -0.25) is 24.5 Å². The van der Waals surface area contributed by atoms with E-state index in [0.717, 1.165) is 5.56 Å². The van der Waals surface area contributed by atoms with Crippen molar-refractivity contribution >= 4 is 34.8 Å². The van der Waals surface area contributed by atoms with Crippen molar-refractivity contribution in [3.8, 4) is 0 Å². The number of para-hydroxylation sites is 1. The quantitative estimate of drug-likeness (QED) is 0.134. The van der Waals surface area contributed by atoms with Crippen molar-refractivity contribution in [3.63, 3.8) is 0 Å². The van der Waals surface area contributed by atoms with Gasteiger partial charge in [-0.15, -0.1) is 0 Å². The van der Waals surface area contributed by atoms with Crippen molar-refractivity contribution < 1.29 is 23.7 Å². The molecule has 8 heteroatoms. The molecule has 41 heavy (non-hydrogen) atoms. The number of Topliss-reactive ketones (excluding diaryl/α,β-unsaturated/α-hetero) is 3. The predicted molar refractivity (Wildman–Crippen MR) is 150 cm³/mol. The maximum Gasteiger partial charge on any atom is 0.270 e. The Morgan fingerprint density at radius 3 is 2.20 bits per heavy atom. The molecule has 3 aliphatic rings. The Balaban J connectivity index is 1.54. The van der Waals surface area contributed by atoms with Gasteiger partial charge in [0.15, 0.2) is 17.3 Å². The molecule has 0 unspecified atom stereocenters. The molecule has 1 saturated heterocycles. The number of nitro groups is 1. The number of anilines is 1. The Labute approximate surface area is 233 Å². The molecule has 1 spiro atoms. The average molecular weight is 545 g/mol. The van der Waals surface area contributed by atoms with Crippen LogP contribution in [0.25, 0.3) is 6.08 Å². The van der Waals surface area contributed by atoms with E-state index in [0.29, 0.717) is 11.3 Å². The summed E-state index contributed by atoms with van der Waals surface area (Å²) in [5.41, 5.74) is 0.556. The maximum atomic E-state index is 14.6. The molecule has 7 rings (SSSR count). The van der Waals surface area contributed by atoms with Crippen LogP contribution in [0.2, 0.25) is 0 Å². The Morgan fingerprint density at radius 2 is 1.51 bits per heavy atom. The number of non-ortho nitro benzene ring substituents is 1. The summed E-state index contributed by atoms with van der Waals surface area (Å²) in [5.74, 6) is -2.81. The van der Waals surface area contributed by atoms with Crippen molar-refractivity contribution in [2.45, 2.75) is 18.0 Å². The fourth-order valence-corrected chi connectivity index (χ4v) is 6.90. The highest BCUT2D eigenvalue weighted by Gasteiger charge is 2.71. The smallest absolute Gasteiger partial charge is 0.270 e. The summed E-state index contributed by atoms with van der Waals surface area (Å²) in [7, 11) is 0. The third-order valence-electron chi connectivity index (χ3n) is 8.55. The summed E-state index contributed by atoms with van der Waals surface area (Å²) in [6.07, 6.45) is 3.64. The number of carbonyl (C=O) groups is 3. The lowest BCUT2D eigenvalue weighted by Crippen LogP contribution is -2.48. The van der Waals surface area contributed by atoms with Crippen LogP contribution in [-0.2, 0) is 0 Å². The normalized spacial score (nSPS) is 21.5. The summed E-state index contributed by atoms with van der Waals surface area (Å²) in [6, 6.07) is 23.0. The number of benzene rings is 4. The van der Waals surface area contributed by atoms with Crippen molar-refractivity contribution in [3.05, 3.63) is 147 Å². The molecule has 4 aromatic rings. The molecule has 4 aromatic carbocycles. The minimum atomic E-state index is -1.73. The highest BCUT2D eigenvalue weighted by molar-refractivity contribution is 6.32. The molecule has 7 nitrogen and oxygen atoms in total. The Kier molecular flexibility index (Phi) is 5.37. The van der Waals surface area contributed by atoms with Gasteiger partial charge in [-0.1, -0.05) is 78.9 Å². The highest BCUT2D eigenvalue weighted by Crippen LogP contribution is 2.61. The van der Waals surface area contributed by atoms with Crippen LogP contribution < -0.4 is 4.90 Å². The van der Waals surface area contributed by atoms with Crippen LogP contribution in [0.5, 0.6) is 0 Å². The largest absolute Gasteiger partial charge is 0.352 e. The third-order valence-corrected chi connectivity index (χ3v) is 8.55. The zero-order chi connectivity index (χ0) is 28.5. The van der Waals surface area contributed by atoms with Gasteiger partial charge in [0.2, 0.25) is 0 Å². The van der Waals surface area contributed by atoms with E-state index in [2.05, 4.69) is 0 Å². The van der Waals surface area contributed by atoms with Gasteiger partial charge in [0.25, 0.3) is 5.69 Å². The molecule has 0 N–H and O–H groups in total. The third kappa shape index (κ3) is 3.34. The van der Waals surface area contributed by atoms with Gasteiger partial charge < -0.3 is 4.90 Å². The Hall–Kier alpha value is -5.24. The van der Waals surface area contributed by atoms with Crippen molar-refractivity contribution in [2.24, 2.45) is 5.41 Å².